The third-order valence-electron chi connectivity index (χ3n) is 4.31. The van der Waals surface area contributed by atoms with Crippen molar-refractivity contribution in [2.75, 3.05) is 5.75 Å². The van der Waals surface area contributed by atoms with Crippen molar-refractivity contribution in [1.29, 1.82) is 0 Å². The fourth-order valence-electron chi connectivity index (χ4n) is 2.85. The number of aromatic nitrogens is 3. The largest absolute Gasteiger partial charge is 0.507 e. The summed E-state index contributed by atoms with van der Waals surface area (Å²) in [6.45, 7) is 6.38. The number of phenolic OH excluding ortho intramolecular Hbond substituents is 1. The molecule has 0 unspecified atom stereocenters. The second-order valence-electron chi connectivity index (χ2n) is 6.35. The number of thioether (sulfide) groups is 1. The van der Waals surface area contributed by atoms with Gasteiger partial charge in [-0.05, 0) is 25.0 Å². The Morgan fingerprint density at radius 1 is 1.23 bits per heavy atom. The van der Waals surface area contributed by atoms with Gasteiger partial charge in [-0.25, -0.2) is 5.43 Å². The highest BCUT2D eigenvalue weighted by Gasteiger charge is 2.14. The standard InChI is InChI=1S/C22H23N5O2S/c1-3-9-16-12-8-13-18(20(16)29)14-23-24-19(28)15-30-22-26-25-21(27(22)4-2)17-10-6-5-7-11-17/h3,5-8,10-14,29H,1,4,9,15H2,2H3,(H,24,28)/b23-14-. The lowest BCUT2D eigenvalue weighted by molar-refractivity contribution is -0.118. The zero-order chi connectivity index (χ0) is 21.3. The quantitative estimate of drug-likeness (QED) is 0.238. The zero-order valence-corrected chi connectivity index (χ0v) is 17.5. The van der Waals surface area contributed by atoms with E-state index in [-0.39, 0.29) is 17.4 Å². The number of hydrazone groups is 1. The van der Waals surface area contributed by atoms with E-state index in [2.05, 4.69) is 27.3 Å². The maximum absolute atomic E-state index is 12.2. The molecule has 0 bridgehead atoms. The van der Waals surface area contributed by atoms with Gasteiger partial charge in [0.25, 0.3) is 5.91 Å². The Labute approximate surface area is 179 Å². The van der Waals surface area contributed by atoms with Crippen LogP contribution in [0.25, 0.3) is 11.4 Å². The average Bonchev–Trinajstić information content (AvgIpc) is 3.18. The Balaban J connectivity index is 1.59. The number of allylic oxidation sites excluding steroid dienone is 1. The molecule has 1 aromatic heterocycles. The second kappa shape index (κ2) is 10.4. The molecular formula is C22H23N5O2S. The van der Waals surface area contributed by atoms with Crippen LogP contribution in [0.5, 0.6) is 5.75 Å². The van der Waals surface area contributed by atoms with Crippen LogP contribution in [0.3, 0.4) is 0 Å². The van der Waals surface area contributed by atoms with E-state index >= 15 is 0 Å². The predicted molar refractivity (Wildman–Crippen MR) is 120 cm³/mol. The van der Waals surface area contributed by atoms with Gasteiger partial charge in [-0.3, -0.25) is 4.79 Å². The fourth-order valence-corrected chi connectivity index (χ4v) is 3.65. The Bertz CT molecular complexity index is 1050. The first-order valence-corrected chi connectivity index (χ1v) is 10.5. The van der Waals surface area contributed by atoms with Gasteiger partial charge in [-0.1, -0.05) is 60.3 Å². The summed E-state index contributed by atoms with van der Waals surface area (Å²) in [6, 6.07) is 15.2. The van der Waals surface area contributed by atoms with E-state index < -0.39 is 0 Å². The number of benzene rings is 2. The number of para-hydroxylation sites is 1. The molecule has 0 spiro atoms. The van der Waals surface area contributed by atoms with Gasteiger partial charge in [0, 0.05) is 17.7 Å². The summed E-state index contributed by atoms with van der Waals surface area (Å²) >= 11 is 1.30. The molecule has 30 heavy (non-hydrogen) atoms. The first-order valence-electron chi connectivity index (χ1n) is 9.49. The van der Waals surface area contributed by atoms with Crippen LogP contribution in [0.2, 0.25) is 0 Å². The number of carbonyl (C=O) groups is 1. The molecule has 0 saturated heterocycles. The van der Waals surface area contributed by atoms with E-state index in [0.717, 1.165) is 17.0 Å². The summed E-state index contributed by atoms with van der Waals surface area (Å²) in [5.41, 5.74) is 4.74. The van der Waals surface area contributed by atoms with Crippen LogP contribution in [0.4, 0.5) is 0 Å². The highest BCUT2D eigenvalue weighted by atomic mass is 32.2. The number of phenols is 1. The maximum Gasteiger partial charge on any atom is 0.250 e. The molecule has 2 N–H and O–H groups in total. The van der Waals surface area contributed by atoms with Crippen molar-refractivity contribution in [3.05, 3.63) is 72.3 Å². The molecule has 8 heteroatoms. The van der Waals surface area contributed by atoms with Crippen LogP contribution in [-0.4, -0.2) is 37.7 Å². The van der Waals surface area contributed by atoms with Crippen LogP contribution in [0.1, 0.15) is 18.1 Å². The van der Waals surface area contributed by atoms with Crippen molar-refractivity contribution in [3.8, 4) is 17.1 Å². The molecule has 3 aromatic rings. The van der Waals surface area contributed by atoms with Gasteiger partial charge in [-0.15, -0.1) is 16.8 Å². The number of hydrogen-bond donors (Lipinski definition) is 2. The molecular weight excluding hydrogens is 398 g/mol. The van der Waals surface area contributed by atoms with Gasteiger partial charge in [-0.2, -0.15) is 5.10 Å². The SMILES string of the molecule is C=CCc1cccc(/C=N\NC(=O)CSc2nnc(-c3ccccc3)n2CC)c1O. The highest BCUT2D eigenvalue weighted by molar-refractivity contribution is 7.99. The fraction of sp³-hybridized carbons (Fsp3) is 0.182. The molecule has 1 heterocycles. The van der Waals surface area contributed by atoms with Gasteiger partial charge >= 0.3 is 0 Å². The van der Waals surface area contributed by atoms with Crippen molar-refractivity contribution < 1.29 is 9.90 Å². The topological polar surface area (TPSA) is 92.4 Å². The molecule has 1 amide bonds. The number of nitrogens with one attached hydrogen (secondary N) is 1. The van der Waals surface area contributed by atoms with E-state index in [1.165, 1.54) is 18.0 Å². The summed E-state index contributed by atoms with van der Waals surface area (Å²) in [4.78, 5) is 12.2. The summed E-state index contributed by atoms with van der Waals surface area (Å²) in [5.74, 6) is 0.778. The predicted octanol–water partition coefficient (Wildman–Crippen LogP) is 3.64. The van der Waals surface area contributed by atoms with Gasteiger partial charge in [0.05, 0.1) is 12.0 Å². The van der Waals surface area contributed by atoms with E-state index in [1.807, 2.05) is 54.0 Å². The van der Waals surface area contributed by atoms with Crippen LogP contribution in [0, 0.1) is 0 Å². The lowest BCUT2D eigenvalue weighted by Gasteiger charge is -2.07. The molecule has 0 fully saturated rings. The van der Waals surface area contributed by atoms with Gasteiger partial charge in [0.2, 0.25) is 0 Å². The molecule has 0 aliphatic heterocycles. The Morgan fingerprint density at radius 2 is 2.03 bits per heavy atom. The van der Waals surface area contributed by atoms with Crippen LogP contribution >= 0.6 is 11.8 Å². The number of rotatable bonds is 9. The minimum Gasteiger partial charge on any atom is -0.507 e. The van der Waals surface area contributed by atoms with Gasteiger partial charge < -0.3 is 9.67 Å². The normalized spacial score (nSPS) is 11.0. The molecule has 0 atom stereocenters. The van der Waals surface area contributed by atoms with Gasteiger partial charge in [0.15, 0.2) is 11.0 Å². The number of carbonyl (C=O) groups excluding carboxylic acids is 1. The highest BCUT2D eigenvalue weighted by Crippen LogP contribution is 2.24. The van der Waals surface area contributed by atoms with E-state index in [9.17, 15) is 9.90 Å². The van der Waals surface area contributed by atoms with Crippen LogP contribution < -0.4 is 5.43 Å². The van der Waals surface area contributed by atoms with Crippen molar-refractivity contribution >= 4 is 23.9 Å². The molecule has 7 nitrogen and oxygen atoms in total. The number of aromatic hydroxyl groups is 1. The minimum atomic E-state index is -0.273. The lowest BCUT2D eigenvalue weighted by Crippen LogP contribution is -2.20. The molecule has 0 aliphatic rings. The number of amides is 1. The van der Waals surface area contributed by atoms with E-state index in [4.69, 9.17) is 0 Å². The van der Waals surface area contributed by atoms with Crippen molar-refractivity contribution in [2.24, 2.45) is 5.10 Å². The van der Waals surface area contributed by atoms with Crippen LogP contribution in [-0.2, 0) is 17.8 Å². The Kier molecular flexibility index (Phi) is 7.40. The monoisotopic (exact) mass is 421 g/mol. The molecule has 3 rings (SSSR count). The molecule has 0 aliphatic carbocycles. The molecule has 0 radical (unpaired) electrons. The Morgan fingerprint density at radius 3 is 2.77 bits per heavy atom. The van der Waals surface area contributed by atoms with Crippen molar-refractivity contribution in [1.82, 2.24) is 20.2 Å². The van der Waals surface area contributed by atoms with Crippen LogP contribution in [0.15, 0.2) is 71.4 Å². The lowest BCUT2D eigenvalue weighted by atomic mass is 10.1. The first kappa shape index (κ1) is 21.3. The summed E-state index contributed by atoms with van der Waals surface area (Å²) in [6.07, 6.45) is 3.69. The average molecular weight is 422 g/mol. The van der Waals surface area contributed by atoms with Gasteiger partial charge in [0.1, 0.15) is 5.75 Å². The molecule has 154 valence electrons. The Hall–Kier alpha value is -3.39. The molecule has 0 saturated carbocycles. The van der Waals surface area contributed by atoms with Crippen molar-refractivity contribution in [2.45, 2.75) is 25.0 Å². The number of nitrogens with zero attached hydrogens (tertiary/aromatic N) is 4. The summed E-state index contributed by atoms with van der Waals surface area (Å²) < 4.78 is 1.97. The summed E-state index contributed by atoms with van der Waals surface area (Å²) in [5, 5.41) is 23.3. The number of hydrogen-bond acceptors (Lipinski definition) is 6. The summed E-state index contributed by atoms with van der Waals surface area (Å²) in [7, 11) is 0. The maximum atomic E-state index is 12.2. The van der Waals surface area contributed by atoms with E-state index in [1.54, 1.807) is 12.1 Å². The minimum absolute atomic E-state index is 0.134. The first-order chi connectivity index (χ1) is 14.6. The van der Waals surface area contributed by atoms with E-state index in [0.29, 0.717) is 23.7 Å². The zero-order valence-electron chi connectivity index (χ0n) is 16.7. The third kappa shape index (κ3) is 5.15. The third-order valence-corrected chi connectivity index (χ3v) is 5.27. The second-order valence-corrected chi connectivity index (χ2v) is 7.29. The van der Waals surface area contributed by atoms with Crippen molar-refractivity contribution in [3.63, 3.8) is 0 Å². The molecule has 2 aromatic carbocycles. The smallest absolute Gasteiger partial charge is 0.250 e.